The van der Waals surface area contributed by atoms with Crippen molar-refractivity contribution in [3.05, 3.63) is 20.3 Å². The van der Waals surface area contributed by atoms with Crippen molar-refractivity contribution in [2.45, 2.75) is 32.5 Å². The number of hydrogen-bond donors (Lipinski definition) is 1. The van der Waals surface area contributed by atoms with Crippen LogP contribution in [0, 0.1) is 12.8 Å². The van der Waals surface area contributed by atoms with Crippen LogP contribution >= 0.6 is 27.3 Å². The molecule has 0 saturated carbocycles. The van der Waals surface area contributed by atoms with Gasteiger partial charge in [-0.15, -0.1) is 11.3 Å². The van der Waals surface area contributed by atoms with Crippen LogP contribution in [0.4, 0.5) is 0 Å². The molecule has 0 radical (unpaired) electrons. The van der Waals surface area contributed by atoms with Crippen LogP contribution in [-0.2, 0) is 4.74 Å². The number of hydrogen-bond acceptors (Lipinski definition) is 3. The molecule has 0 aromatic carbocycles. The van der Waals surface area contributed by atoms with E-state index in [1.807, 2.05) is 13.0 Å². The predicted molar refractivity (Wildman–Crippen MR) is 65.2 cm³/mol. The molecule has 0 bridgehead atoms. The number of rotatable bonds is 2. The van der Waals surface area contributed by atoms with Crippen LogP contribution in [0.5, 0.6) is 0 Å². The fourth-order valence-corrected chi connectivity index (χ4v) is 3.90. The molecule has 1 saturated heterocycles. The third-order valence-electron chi connectivity index (χ3n) is 3.09. The highest BCUT2D eigenvalue weighted by molar-refractivity contribution is 9.11. The molecule has 0 aliphatic carbocycles. The molecule has 2 nitrogen and oxygen atoms in total. The van der Waals surface area contributed by atoms with Crippen molar-refractivity contribution < 1.29 is 9.84 Å². The molecule has 3 atom stereocenters. The summed E-state index contributed by atoms with van der Waals surface area (Å²) in [5, 5.41) is 10.3. The van der Waals surface area contributed by atoms with Gasteiger partial charge in [0.25, 0.3) is 0 Å². The quantitative estimate of drug-likeness (QED) is 0.906. The Morgan fingerprint density at radius 2 is 2.40 bits per heavy atom. The smallest absolute Gasteiger partial charge is 0.0854 e. The molecule has 1 aliphatic rings. The fraction of sp³-hybridized carbons (Fsp3) is 0.636. The first-order valence-electron chi connectivity index (χ1n) is 5.15. The monoisotopic (exact) mass is 290 g/mol. The van der Waals surface area contributed by atoms with Gasteiger partial charge in [0, 0.05) is 17.4 Å². The normalized spacial score (nSPS) is 28.3. The van der Waals surface area contributed by atoms with Crippen molar-refractivity contribution in [3.8, 4) is 0 Å². The molecule has 1 fully saturated rings. The molecule has 2 heterocycles. The maximum absolute atomic E-state index is 10.3. The summed E-state index contributed by atoms with van der Waals surface area (Å²) in [6.45, 7) is 4.86. The summed E-state index contributed by atoms with van der Waals surface area (Å²) in [5.74, 6) is 0.241. The first-order chi connectivity index (χ1) is 7.09. The molecule has 2 rings (SSSR count). The van der Waals surface area contributed by atoms with E-state index in [0.29, 0.717) is 0 Å². The molecule has 15 heavy (non-hydrogen) atoms. The average molecular weight is 291 g/mol. The zero-order valence-electron chi connectivity index (χ0n) is 8.87. The van der Waals surface area contributed by atoms with E-state index in [1.165, 1.54) is 4.88 Å². The number of aliphatic hydroxyl groups is 1. The van der Waals surface area contributed by atoms with Crippen molar-refractivity contribution in [2.75, 3.05) is 6.61 Å². The van der Waals surface area contributed by atoms with E-state index in [-0.39, 0.29) is 18.1 Å². The highest BCUT2D eigenvalue weighted by Crippen LogP contribution is 2.38. The molecule has 1 aromatic rings. The lowest BCUT2D eigenvalue weighted by molar-refractivity contribution is 0.0431. The molecule has 3 unspecified atom stereocenters. The SMILES string of the molecule is Cc1sc(Br)cc1C(O)C1CCOC1C. The second kappa shape index (κ2) is 4.53. The lowest BCUT2D eigenvalue weighted by atomic mass is 9.91. The molecular weight excluding hydrogens is 276 g/mol. The van der Waals surface area contributed by atoms with Crippen LogP contribution in [0.1, 0.15) is 29.9 Å². The summed E-state index contributed by atoms with van der Waals surface area (Å²) in [6, 6.07) is 2.02. The number of aliphatic hydroxyl groups excluding tert-OH is 1. The standard InChI is InChI=1S/C11H15BrO2S/c1-6-8(3-4-14-6)11(13)9-5-10(12)15-7(9)2/h5-6,8,11,13H,3-4H2,1-2H3. The van der Waals surface area contributed by atoms with Crippen molar-refractivity contribution >= 4 is 27.3 Å². The number of halogens is 1. The Labute approximate surface area is 102 Å². The molecule has 0 spiro atoms. The Morgan fingerprint density at radius 3 is 2.87 bits per heavy atom. The minimum absolute atomic E-state index is 0.165. The minimum Gasteiger partial charge on any atom is -0.388 e. The van der Waals surface area contributed by atoms with Crippen molar-refractivity contribution in [3.63, 3.8) is 0 Å². The second-order valence-corrected chi connectivity index (χ2v) is 6.67. The Bertz CT molecular complexity index is 350. The fourth-order valence-electron chi connectivity index (χ4n) is 2.15. The molecule has 1 aliphatic heterocycles. The van der Waals surface area contributed by atoms with Crippen LogP contribution in [0.3, 0.4) is 0 Å². The van der Waals surface area contributed by atoms with Crippen molar-refractivity contribution in [2.24, 2.45) is 5.92 Å². The molecule has 1 aromatic heterocycles. The predicted octanol–water partition coefficient (Wildman–Crippen LogP) is 3.28. The van der Waals surface area contributed by atoms with Crippen LogP contribution in [0.15, 0.2) is 9.85 Å². The Morgan fingerprint density at radius 1 is 1.67 bits per heavy atom. The molecule has 0 amide bonds. The Balaban J connectivity index is 2.19. The van der Waals surface area contributed by atoms with Crippen LogP contribution in [0.25, 0.3) is 0 Å². The third kappa shape index (κ3) is 2.28. The van der Waals surface area contributed by atoms with E-state index < -0.39 is 0 Å². The zero-order valence-corrected chi connectivity index (χ0v) is 11.3. The van der Waals surface area contributed by atoms with E-state index in [2.05, 4.69) is 22.9 Å². The summed E-state index contributed by atoms with van der Waals surface area (Å²) in [7, 11) is 0. The Hall–Kier alpha value is 0.1000. The van der Waals surface area contributed by atoms with E-state index in [9.17, 15) is 5.11 Å². The highest BCUT2D eigenvalue weighted by atomic mass is 79.9. The lowest BCUT2D eigenvalue weighted by Crippen LogP contribution is -2.19. The van der Waals surface area contributed by atoms with E-state index in [4.69, 9.17) is 4.74 Å². The lowest BCUT2D eigenvalue weighted by Gasteiger charge is -2.20. The van der Waals surface area contributed by atoms with E-state index in [0.717, 1.165) is 22.4 Å². The van der Waals surface area contributed by atoms with Gasteiger partial charge in [0.2, 0.25) is 0 Å². The van der Waals surface area contributed by atoms with Gasteiger partial charge < -0.3 is 9.84 Å². The average Bonchev–Trinajstić information content (AvgIpc) is 2.71. The van der Waals surface area contributed by atoms with E-state index >= 15 is 0 Å². The summed E-state index contributed by atoms with van der Waals surface area (Å²) < 4.78 is 6.57. The first-order valence-corrected chi connectivity index (χ1v) is 6.76. The van der Waals surface area contributed by atoms with Gasteiger partial charge >= 0.3 is 0 Å². The van der Waals surface area contributed by atoms with Gasteiger partial charge in [-0.2, -0.15) is 0 Å². The maximum Gasteiger partial charge on any atom is 0.0854 e. The largest absolute Gasteiger partial charge is 0.388 e. The van der Waals surface area contributed by atoms with E-state index in [1.54, 1.807) is 11.3 Å². The first kappa shape index (κ1) is 11.6. The van der Waals surface area contributed by atoms with Crippen molar-refractivity contribution in [1.29, 1.82) is 0 Å². The summed E-state index contributed by atoms with van der Waals surface area (Å²) >= 11 is 5.12. The Kier molecular flexibility index (Phi) is 3.50. The van der Waals surface area contributed by atoms with Crippen molar-refractivity contribution in [1.82, 2.24) is 0 Å². The van der Waals surface area contributed by atoms with Gasteiger partial charge in [0.1, 0.15) is 0 Å². The van der Waals surface area contributed by atoms with Gasteiger partial charge in [-0.1, -0.05) is 0 Å². The molecule has 4 heteroatoms. The van der Waals surface area contributed by atoms with Gasteiger partial charge in [0.15, 0.2) is 0 Å². The van der Waals surface area contributed by atoms with Crippen LogP contribution in [0.2, 0.25) is 0 Å². The summed E-state index contributed by atoms with van der Waals surface area (Å²) in [5.41, 5.74) is 1.05. The third-order valence-corrected chi connectivity index (χ3v) is 4.65. The summed E-state index contributed by atoms with van der Waals surface area (Å²) in [4.78, 5) is 1.19. The minimum atomic E-state index is -0.384. The number of thiophene rings is 1. The second-order valence-electron chi connectivity index (χ2n) is 4.04. The highest BCUT2D eigenvalue weighted by Gasteiger charge is 2.32. The van der Waals surface area contributed by atoms with Crippen LogP contribution in [-0.4, -0.2) is 17.8 Å². The topological polar surface area (TPSA) is 29.5 Å². The summed E-state index contributed by atoms with van der Waals surface area (Å²) in [6.07, 6.45) is 0.734. The molecule has 84 valence electrons. The van der Waals surface area contributed by atoms with Gasteiger partial charge in [0.05, 0.1) is 16.0 Å². The van der Waals surface area contributed by atoms with Gasteiger partial charge in [-0.25, -0.2) is 0 Å². The van der Waals surface area contributed by atoms with Gasteiger partial charge in [-0.3, -0.25) is 0 Å². The molecule has 1 N–H and O–H groups in total. The zero-order chi connectivity index (χ0) is 11.0. The van der Waals surface area contributed by atoms with Gasteiger partial charge in [-0.05, 0) is 47.8 Å². The maximum atomic E-state index is 10.3. The van der Waals surface area contributed by atoms with Crippen LogP contribution < -0.4 is 0 Å². The number of aryl methyl sites for hydroxylation is 1. The molecular formula is C11H15BrO2S. The number of ether oxygens (including phenoxy) is 1.